The lowest BCUT2D eigenvalue weighted by atomic mass is 9.72. The van der Waals surface area contributed by atoms with Gasteiger partial charge in [0.2, 0.25) is 0 Å². The molecule has 0 aromatic heterocycles. The lowest BCUT2D eigenvalue weighted by molar-refractivity contribution is -0.146. The number of aliphatic carboxylic acids is 1. The summed E-state index contributed by atoms with van der Waals surface area (Å²) in [5, 5.41) is 29.3. The van der Waals surface area contributed by atoms with Crippen LogP contribution < -0.4 is 0 Å². The van der Waals surface area contributed by atoms with Gasteiger partial charge in [-0.05, 0) is 74.5 Å². The summed E-state index contributed by atoms with van der Waals surface area (Å²) in [5.41, 5.74) is 1.39. The van der Waals surface area contributed by atoms with Crippen LogP contribution in [0.3, 0.4) is 0 Å². The van der Waals surface area contributed by atoms with Crippen LogP contribution in [-0.4, -0.2) is 34.0 Å². The fourth-order valence-corrected chi connectivity index (χ4v) is 6.75. The van der Waals surface area contributed by atoms with Crippen molar-refractivity contribution in [3.05, 3.63) is 23.8 Å². The Kier molecular flexibility index (Phi) is 7.61. The van der Waals surface area contributed by atoms with Crippen LogP contribution in [-0.2, 0) is 4.79 Å². The van der Waals surface area contributed by atoms with Crippen molar-refractivity contribution in [1.82, 2.24) is 0 Å². The third-order valence-corrected chi connectivity index (χ3v) is 8.18. The van der Waals surface area contributed by atoms with Crippen LogP contribution in [0.15, 0.2) is 23.8 Å². The van der Waals surface area contributed by atoms with Gasteiger partial charge in [0.1, 0.15) is 0 Å². The third-order valence-electron chi connectivity index (χ3n) is 8.18. The van der Waals surface area contributed by atoms with Crippen LogP contribution in [0.25, 0.3) is 0 Å². The zero-order valence-electron chi connectivity index (χ0n) is 18.2. The molecular formula is C25H40O4. The molecule has 4 nitrogen and oxygen atoms in total. The fraction of sp³-hybridized carbons (Fsp3) is 0.800. The van der Waals surface area contributed by atoms with E-state index in [2.05, 4.69) is 19.9 Å². The highest BCUT2D eigenvalue weighted by molar-refractivity contribution is 5.71. The monoisotopic (exact) mass is 404 g/mol. The van der Waals surface area contributed by atoms with Crippen LogP contribution in [0.5, 0.6) is 0 Å². The van der Waals surface area contributed by atoms with Gasteiger partial charge in [-0.3, -0.25) is 4.79 Å². The van der Waals surface area contributed by atoms with E-state index in [9.17, 15) is 15.0 Å². The maximum atomic E-state index is 12.0. The molecule has 3 rings (SSSR count). The molecule has 0 spiro atoms. The van der Waals surface area contributed by atoms with Gasteiger partial charge < -0.3 is 15.3 Å². The molecule has 3 unspecified atom stereocenters. The second kappa shape index (κ2) is 9.78. The van der Waals surface area contributed by atoms with Crippen molar-refractivity contribution in [2.75, 3.05) is 6.61 Å². The summed E-state index contributed by atoms with van der Waals surface area (Å²) in [6.45, 7) is 4.45. The van der Waals surface area contributed by atoms with Gasteiger partial charge in [0.15, 0.2) is 0 Å². The minimum atomic E-state index is -0.622. The van der Waals surface area contributed by atoms with Crippen LogP contribution >= 0.6 is 0 Å². The molecule has 4 heteroatoms. The van der Waals surface area contributed by atoms with Crippen LogP contribution in [0, 0.1) is 35.0 Å². The molecule has 0 heterocycles. The Morgan fingerprint density at radius 2 is 2.14 bits per heavy atom. The highest BCUT2D eigenvalue weighted by Crippen LogP contribution is 2.52. The summed E-state index contributed by atoms with van der Waals surface area (Å²) in [4.78, 5) is 12.0. The number of aliphatic hydroxyl groups is 2. The molecule has 3 aliphatic rings. The van der Waals surface area contributed by atoms with E-state index in [1.54, 1.807) is 6.08 Å². The number of hydrogen-bond acceptors (Lipinski definition) is 3. The molecule has 3 aliphatic carbocycles. The molecule has 0 aliphatic heterocycles. The van der Waals surface area contributed by atoms with Crippen molar-refractivity contribution in [2.24, 2.45) is 35.0 Å². The first-order valence-electron chi connectivity index (χ1n) is 11.7. The fourth-order valence-electron chi connectivity index (χ4n) is 6.75. The normalized spacial score (nSPS) is 39.4. The summed E-state index contributed by atoms with van der Waals surface area (Å²) >= 11 is 0. The van der Waals surface area contributed by atoms with Crippen LogP contribution in [0.2, 0.25) is 0 Å². The largest absolute Gasteiger partial charge is 0.481 e. The number of carboxylic acids is 1. The SMILES string of the molecule is CCCC1CCC(C)(C(CCC=C2C[C@@H]3C[C@@H](O)[C@H](C=CCO)[C@H]3C2)C(=O)O)C1. The number of carbonyl (C=O) groups is 1. The molecule has 3 N–H and O–H groups in total. The van der Waals surface area contributed by atoms with Crippen molar-refractivity contribution in [2.45, 2.75) is 84.2 Å². The quantitative estimate of drug-likeness (QED) is 0.475. The molecule has 0 amide bonds. The van der Waals surface area contributed by atoms with Crippen LogP contribution in [0.4, 0.5) is 0 Å². The summed E-state index contributed by atoms with van der Waals surface area (Å²) in [6, 6.07) is 0. The van der Waals surface area contributed by atoms with Crippen molar-refractivity contribution in [3.63, 3.8) is 0 Å². The molecule has 7 atom stereocenters. The van der Waals surface area contributed by atoms with Gasteiger partial charge in [-0.1, -0.05) is 50.5 Å². The van der Waals surface area contributed by atoms with Gasteiger partial charge in [0.05, 0.1) is 18.6 Å². The Balaban J connectivity index is 1.56. The summed E-state index contributed by atoms with van der Waals surface area (Å²) in [7, 11) is 0. The van der Waals surface area contributed by atoms with Crippen LogP contribution in [0.1, 0.15) is 78.1 Å². The highest BCUT2D eigenvalue weighted by atomic mass is 16.4. The van der Waals surface area contributed by atoms with Gasteiger partial charge in [0, 0.05) is 5.92 Å². The maximum absolute atomic E-state index is 12.0. The molecule has 0 aromatic rings. The lowest BCUT2D eigenvalue weighted by Gasteiger charge is -2.31. The van der Waals surface area contributed by atoms with Gasteiger partial charge in [0.25, 0.3) is 0 Å². The van der Waals surface area contributed by atoms with E-state index in [1.807, 2.05) is 6.08 Å². The maximum Gasteiger partial charge on any atom is 0.307 e. The third kappa shape index (κ3) is 5.14. The summed E-state index contributed by atoms with van der Waals surface area (Å²) < 4.78 is 0. The standard InChI is InChI=1S/C25H40O4/c1-3-6-17-10-11-25(2,16-17)22(24(28)29)9-4-7-18-13-19-15-23(27)20(8-5-12-26)21(19)14-18/h5,7-8,17,19-23,26-27H,3-4,6,9-16H2,1-2H3,(H,28,29)/t17?,19-,20-,21+,22?,23-,25?/m1/s1. The van der Waals surface area contributed by atoms with E-state index in [0.717, 1.165) is 44.9 Å². The number of allylic oxidation sites excluding steroid dienone is 2. The number of hydrogen-bond donors (Lipinski definition) is 3. The first-order valence-corrected chi connectivity index (χ1v) is 11.7. The molecule has 3 fully saturated rings. The minimum absolute atomic E-state index is 0.0256. The molecule has 0 radical (unpaired) electrons. The Morgan fingerprint density at radius 1 is 1.34 bits per heavy atom. The number of rotatable bonds is 9. The molecule has 0 bridgehead atoms. The lowest BCUT2D eigenvalue weighted by Crippen LogP contribution is -2.31. The Morgan fingerprint density at radius 3 is 2.83 bits per heavy atom. The van der Waals surface area contributed by atoms with Gasteiger partial charge in [-0.15, -0.1) is 0 Å². The molecule has 0 saturated heterocycles. The first-order chi connectivity index (χ1) is 13.9. The van der Waals surface area contributed by atoms with E-state index in [1.165, 1.54) is 24.8 Å². The Hall–Kier alpha value is -1.13. The predicted molar refractivity (Wildman–Crippen MR) is 115 cm³/mol. The second-order valence-corrected chi connectivity index (χ2v) is 10.2. The van der Waals surface area contributed by atoms with Gasteiger partial charge in [-0.2, -0.15) is 0 Å². The van der Waals surface area contributed by atoms with Gasteiger partial charge in [-0.25, -0.2) is 0 Å². The smallest absolute Gasteiger partial charge is 0.307 e. The van der Waals surface area contributed by atoms with Crippen molar-refractivity contribution in [1.29, 1.82) is 0 Å². The molecule has 3 saturated carbocycles. The van der Waals surface area contributed by atoms with Crippen molar-refractivity contribution < 1.29 is 20.1 Å². The first kappa shape index (κ1) is 22.6. The summed E-state index contributed by atoms with van der Waals surface area (Å²) in [5.74, 6) is 0.985. The minimum Gasteiger partial charge on any atom is -0.481 e. The molecule has 29 heavy (non-hydrogen) atoms. The summed E-state index contributed by atoms with van der Waals surface area (Å²) in [6.07, 6.45) is 16.0. The Labute approximate surface area is 176 Å². The topological polar surface area (TPSA) is 77.8 Å². The zero-order valence-corrected chi connectivity index (χ0v) is 18.2. The number of fused-ring (bicyclic) bond motifs is 1. The van der Waals surface area contributed by atoms with Crippen molar-refractivity contribution in [3.8, 4) is 0 Å². The van der Waals surface area contributed by atoms with Gasteiger partial charge >= 0.3 is 5.97 Å². The predicted octanol–water partition coefficient (Wildman–Crippen LogP) is 4.96. The van der Waals surface area contributed by atoms with E-state index < -0.39 is 5.97 Å². The van der Waals surface area contributed by atoms with E-state index >= 15 is 0 Å². The average Bonchev–Trinajstić information content (AvgIpc) is 3.30. The number of aliphatic hydroxyl groups excluding tert-OH is 2. The zero-order chi connectivity index (χ0) is 21.0. The molecule has 164 valence electrons. The Bertz CT molecular complexity index is 624. The number of carboxylic acid groups (broad SMARTS) is 1. The van der Waals surface area contributed by atoms with E-state index in [0.29, 0.717) is 17.8 Å². The second-order valence-electron chi connectivity index (χ2n) is 10.2. The molecular weight excluding hydrogens is 364 g/mol. The van der Waals surface area contributed by atoms with Crippen molar-refractivity contribution >= 4 is 5.97 Å². The highest BCUT2D eigenvalue weighted by Gasteiger charge is 2.46. The van der Waals surface area contributed by atoms with E-state index in [-0.39, 0.29) is 30.0 Å². The van der Waals surface area contributed by atoms with E-state index in [4.69, 9.17) is 5.11 Å². The average molecular weight is 405 g/mol. The molecule has 0 aromatic carbocycles.